The lowest BCUT2D eigenvalue weighted by molar-refractivity contribution is -0.123. The van der Waals surface area contributed by atoms with E-state index in [-0.39, 0.29) is 25.1 Å². The number of ether oxygens (including phenoxy) is 1. The summed E-state index contributed by atoms with van der Waals surface area (Å²) in [6.07, 6.45) is 1.18. The van der Waals surface area contributed by atoms with Crippen LogP contribution < -0.4 is 14.4 Å². The van der Waals surface area contributed by atoms with Crippen LogP contribution in [0.15, 0.2) is 72.8 Å². The zero-order valence-corrected chi connectivity index (χ0v) is 20.4. The summed E-state index contributed by atoms with van der Waals surface area (Å²) < 4.78 is 31.7. The van der Waals surface area contributed by atoms with Crippen LogP contribution in [0, 0.1) is 6.92 Å². The molecular weight excluding hydrogens is 460 g/mol. The Kier molecular flexibility index (Phi) is 8.00. The van der Waals surface area contributed by atoms with Crippen molar-refractivity contribution in [2.75, 3.05) is 17.2 Å². The number of rotatable bonds is 9. The van der Waals surface area contributed by atoms with E-state index in [1.54, 1.807) is 36.4 Å². The van der Waals surface area contributed by atoms with E-state index in [1.165, 1.54) is 10.6 Å². The smallest absolute Gasteiger partial charge is 0.258 e. The molecule has 0 bridgehead atoms. The van der Waals surface area contributed by atoms with Gasteiger partial charge < -0.3 is 10.1 Å². The predicted octanol–water partition coefficient (Wildman–Crippen LogP) is 4.87. The number of nitrogens with one attached hydrogen (secondary N) is 1. The van der Waals surface area contributed by atoms with Gasteiger partial charge in [-0.2, -0.15) is 0 Å². The summed E-state index contributed by atoms with van der Waals surface area (Å²) in [6.45, 7) is 3.93. The second-order valence-corrected chi connectivity index (χ2v) is 10.2. The van der Waals surface area contributed by atoms with Crippen molar-refractivity contribution in [3.63, 3.8) is 0 Å². The second kappa shape index (κ2) is 10.7. The summed E-state index contributed by atoms with van der Waals surface area (Å²) >= 11 is 5.90. The van der Waals surface area contributed by atoms with E-state index in [0.717, 1.165) is 16.7 Å². The van der Waals surface area contributed by atoms with Gasteiger partial charge in [0.1, 0.15) is 5.75 Å². The average molecular weight is 487 g/mol. The fourth-order valence-electron chi connectivity index (χ4n) is 3.23. The molecule has 0 aromatic heterocycles. The maximum Gasteiger partial charge on any atom is 0.258 e. The molecule has 1 N–H and O–H groups in total. The number of hydrogen-bond acceptors (Lipinski definition) is 4. The molecule has 0 spiro atoms. The van der Waals surface area contributed by atoms with Crippen molar-refractivity contribution in [3.8, 4) is 5.75 Å². The third-order valence-electron chi connectivity index (χ3n) is 5.09. The molecule has 1 atom stereocenters. The van der Waals surface area contributed by atoms with Gasteiger partial charge >= 0.3 is 0 Å². The first-order valence-corrected chi connectivity index (χ1v) is 12.7. The van der Waals surface area contributed by atoms with Crippen LogP contribution in [0.1, 0.15) is 29.7 Å². The van der Waals surface area contributed by atoms with Crippen molar-refractivity contribution in [3.05, 3.63) is 94.5 Å². The molecule has 0 aliphatic heterocycles. The molecule has 1 unspecified atom stereocenters. The van der Waals surface area contributed by atoms with E-state index < -0.39 is 10.0 Å². The molecule has 174 valence electrons. The Morgan fingerprint density at radius 3 is 2.18 bits per heavy atom. The van der Waals surface area contributed by atoms with Gasteiger partial charge in [-0.05, 0) is 61.4 Å². The van der Waals surface area contributed by atoms with Gasteiger partial charge in [0.2, 0.25) is 10.0 Å². The number of hydrogen-bond donors (Lipinski definition) is 1. The van der Waals surface area contributed by atoms with Crippen LogP contribution in [-0.2, 0) is 21.4 Å². The van der Waals surface area contributed by atoms with Crippen LogP contribution in [0.2, 0.25) is 5.02 Å². The Bertz CT molecular complexity index is 1180. The monoisotopic (exact) mass is 486 g/mol. The van der Waals surface area contributed by atoms with E-state index in [0.29, 0.717) is 16.5 Å². The zero-order chi connectivity index (χ0) is 24.0. The summed E-state index contributed by atoms with van der Waals surface area (Å²) in [4.78, 5) is 12.3. The van der Waals surface area contributed by atoms with Crippen molar-refractivity contribution in [2.24, 2.45) is 0 Å². The highest BCUT2D eigenvalue weighted by Crippen LogP contribution is 2.24. The fourth-order valence-corrected chi connectivity index (χ4v) is 4.25. The minimum atomic E-state index is -3.49. The number of anilines is 1. The maximum absolute atomic E-state index is 12.4. The molecule has 0 aliphatic rings. The second-order valence-electron chi connectivity index (χ2n) is 7.88. The van der Waals surface area contributed by atoms with Crippen LogP contribution in [0.4, 0.5) is 5.69 Å². The molecule has 0 fully saturated rings. The number of nitrogens with zero attached hydrogens (tertiary/aromatic N) is 1. The normalized spacial score (nSPS) is 12.1. The Hall–Kier alpha value is -3.03. The van der Waals surface area contributed by atoms with E-state index in [1.807, 2.05) is 50.2 Å². The van der Waals surface area contributed by atoms with Gasteiger partial charge in [0, 0.05) is 5.02 Å². The maximum atomic E-state index is 12.4. The molecule has 33 heavy (non-hydrogen) atoms. The number of aryl methyl sites for hydroxylation is 1. The average Bonchev–Trinajstić information content (AvgIpc) is 2.77. The minimum absolute atomic E-state index is 0.156. The van der Waals surface area contributed by atoms with Gasteiger partial charge in [-0.25, -0.2) is 8.42 Å². The summed E-state index contributed by atoms with van der Waals surface area (Å²) in [7, 11) is -3.49. The standard InChI is InChI=1S/C25H27ClN2O4S/c1-18-4-6-20(7-5-18)16-28(33(3,30)31)23-12-14-24(15-13-23)32-17-25(29)27-19(2)21-8-10-22(26)11-9-21/h4-15,19H,16-17H2,1-3H3,(H,27,29). The quantitative estimate of drug-likeness (QED) is 0.468. The Labute approximate surface area is 200 Å². The van der Waals surface area contributed by atoms with Crippen molar-refractivity contribution in [2.45, 2.75) is 26.4 Å². The molecule has 6 nitrogen and oxygen atoms in total. The number of halogens is 1. The van der Waals surface area contributed by atoms with Gasteiger partial charge in [0.05, 0.1) is 24.5 Å². The molecule has 3 rings (SSSR count). The number of benzene rings is 3. The zero-order valence-electron chi connectivity index (χ0n) is 18.8. The third-order valence-corrected chi connectivity index (χ3v) is 6.48. The largest absolute Gasteiger partial charge is 0.484 e. The van der Waals surface area contributed by atoms with Crippen molar-refractivity contribution < 1.29 is 17.9 Å². The van der Waals surface area contributed by atoms with Crippen molar-refractivity contribution in [1.29, 1.82) is 0 Å². The van der Waals surface area contributed by atoms with Crippen LogP contribution in [-0.4, -0.2) is 27.2 Å². The molecule has 3 aromatic rings. The SMILES string of the molecule is Cc1ccc(CN(c2ccc(OCC(=O)NC(C)c3ccc(Cl)cc3)cc2)S(C)(=O)=O)cc1. The van der Waals surface area contributed by atoms with E-state index in [4.69, 9.17) is 16.3 Å². The lowest BCUT2D eigenvalue weighted by Crippen LogP contribution is -2.31. The first kappa shape index (κ1) is 24.6. The number of amides is 1. The Balaban J connectivity index is 1.60. The summed E-state index contributed by atoms with van der Waals surface area (Å²) in [5.41, 5.74) is 3.45. The van der Waals surface area contributed by atoms with E-state index >= 15 is 0 Å². The predicted molar refractivity (Wildman–Crippen MR) is 132 cm³/mol. The Morgan fingerprint density at radius 2 is 1.61 bits per heavy atom. The topological polar surface area (TPSA) is 75.7 Å². The lowest BCUT2D eigenvalue weighted by atomic mass is 10.1. The van der Waals surface area contributed by atoms with Gasteiger partial charge in [-0.15, -0.1) is 0 Å². The summed E-state index contributed by atoms with van der Waals surface area (Å²) in [6, 6.07) is 21.4. The lowest BCUT2D eigenvalue weighted by Gasteiger charge is -2.23. The third kappa shape index (κ3) is 7.23. The first-order chi connectivity index (χ1) is 15.6. The molecular formula is C25H27ClN2O4S. The van der Waals surface area contributed by atoms with Gasteiger partial charge in [-0.3, -0.25) is 9.10 Å². The van der Waals surface area contributed by atoms with Gasteiger partial charge in [0.25, 0.3) is 5.91 Å². The summed E-state index contributed by atoms with van der Waals surface area (Å²) in [5.74, 6) is 0.204. The minimum Gasteiger partial charge on any atom is -0.484 e. The molecule has 0 aliphatic carbocycles. The van der Waals surface area contributed by atoms with Crippen LogP contribution in [0.3, 0.4) is 0 Å². The van der Waals surface area contributed by atoms with Crippen LogP contribution >= 0.6 is 11.6 Å². The summed E-state index contributed by atoms with van der Waals surface area (Å²) in [5, 5.41) is 3.51. The van der Waals surface area contributed by atoms with Crippen molar-refractivity contribution >= 4 is 33.2 Å². The number of carbonyl (C=O) groups is 1. The highest BCUT2D eigenvalue weighted by atomic mass is 35.5. The molecule has 0 radical (unpaired) electrons. The van der Waals surface area contributed by atoms with Crippen molar-refractivity contribution in [1.82, 2.24) is 5.32 Å². The van der Waals surface area contributed by atoms with Crippen LogP contribution in [0.5, 0.6) is 5.75 Å². The van der Waals surface area contributed by atoms with E-state index in [2.05, 4.69) is 5.32 Å². The molecule has 0 heterocycles. The highest BCUT2D eigenvalue weighted by Gasteiger charge is 2.18. The first-order valence-electron chi connectivity index (χ1n) is 10.4. The number of carbonyl (C=O) groups excluding carboxylic acids is 1. The van der Waals surface area contributed by atoms with Crippen LogP contribution in [0.25, 0.3) is 0 Å². The molecule has 8 heteroatoms. The Morgan fingerprint density at radius 1 is 1.00 bits per heavy atom. The van der Waals surface area contributed by atoms with Gasteiger partial charge in [-0.1, -0.05) is 53.6 Å². The highest BCUT2D eigenvalue weighted by molar-refractivity contribution is 7.92. The molecule has 3 aromatic carbocycles. The fraction of sp³-hybridized carbons (Fsp3) is 0.240. The molecule has 0 saturated heterocycles. The van der Waals surface area contributed by atoms with Gasteiger partial charge in [0.15, 0.2) is 6.61 Å². The number of sulfonamides is 1. The molecule has 1 amide bonds. The van der Waals surface area contributed by atoms with E-state index in [9.17, 15) is 13.2 Å². The molecule has 0 saturated carbocycles.